The van der Waals surface area contributed by atoms with E-state index in [9.17, 15) is 0 Å². The van der Waals surface area contributed by atoms with Crippen LogP contribution >= 0.6 is 0 Å². The van der Waals surface area contributed by atoms with Gasteiger partial charge >= 0.3 is 0 Å². The van der Waals surface area contributed by atoms with Crippen molar-refractivity contribution in [2.45, 2.75) is 44.6 Å². The van der Waals surface area contributed by atoms with Crippen LogP contribution in [0.15, 0.2) is 35.5 Å². The van der Waals surface area contributed by atoms with Gasteiger partial charge in [0.15, 0.2) is 0 Å². The minimum absolute atomic E-state index is 0.348. The number of H-pyrrole nitrogens is 1. The maximum absolute atomic E-state index is 5.06. The Hall–Kier alpha value is -1.57. The lowest BCUT2D eigenvalue weighted by atomic mass is 9.77. The number of hydrogen-bond acceptors (Lipinski definition) is 1. The van der Waals surface area contributed by atoms with Gasteiger partial charge in [0.1, 0.15) is 0 Å². The third-order valence-electron chi connectivity index (χ3n) is 4.90. The smallest absolute Gasteiger partial charge is 0.0613 e. The highest BCUT2D eigenvalue weighted by atomic mass is 14.9. The quantitative estimate of drug-likeness (QED) is 0.796. The maximum atomic E-state index is 5.06. The predicted molar refractivity (Wildman–Crippen MR) is 79.8 cm³/mol. The van der Waals surface area contributed by atoms with Crippen LogP contribution in [0.4, 0.5) is 0 Å². The normalized spacial score (nSPS) is 29.7. The van der Waals surface area contributed by atoms with Crippen molar-refractivity contribution in [2.75, 3.05) is 0 Å². The van der Waals surface area contributed by atoms with E-state index >= 15 is 0 Å². The number of rotatable bonds is 3. The Morgan fingerprint density at radius 3 is 3.00 bits per heavy atom. The van der Waals surface area contributed by atoms with E-state index in [0.29, 0.717) is 5.54 Å². The monoisotopic (exact) mass is 252 g/mol. The van der Waals surface area contributed by atoms with Crippen molar-refractivity contribution in [3.8, 4) is 0 Å². The molecule has 2 nitrogen and oxygen atoms in total. The topological polar surface area (TPSA) is 28.1 Å². The van der Waals surface area contributed by atoms with E-state index < -0.39 is 0 Å². The summed E-state index contributed by atoms with van der Waals surface area (Å²) in [5, 5.41) is 1.34. The highest BCUT2D eigenvalue weighted by Crippen LogP contribution is 2.54. The summed E-state index contributed by atoms with van der Waals surface area (Å²) in [6, 6.07) is 8.52. The van der Waals surface area contributed by atoms with Crippen LogP contribution in [-0.2, 0) is 6.42 Å². The highest BCUT2D eigenvalue weighted by molar-refractivity contribution is 5.91. The Bertz CT molecular complexity index is 639. The van der Waals surface area contributed by atoms with Crippen molar-refractivity contribution in [1.82, 2.24) is 4.98 Å². The van der Waals surface area contributed by atoms with Crippen LogP contribution in [0.2, 0.25) is 0 Å². The molecule has 3 saturated carbocycles. The number of nitrogens with one attached hydrogen (secondary N) is 1. The number of aromatic nitrogens is 1. The van der Waals surface area contributed by atoms with Crippen LogP contribution in [0, 0.1) is 5.92 Å². The van der Waals surface area contributed by atoms with Crippen LogP contribution in [0.3, 0.4) is 0 Å². The molecule has 2 aromatic rings. The highest BCUT2D eigenvalue weighted by Gasteiger charge is 2.50. The molecule has 0 unspecified atom stereocenters. The van der Waals surface area contributed by atoms with Crippen LogP contribution in [0.1, 0.15) is 38.2 Å². The molecule has 3 aliphatic rings. The van der Waals surface area contributed by atoms with E-state index in [1.54, 1.807) is 0 Å². The number of hydrogen-bond donors (Lipinski definition) is 1. The van der Waals surface area contributed by atoms with E-state index in [1.807, 2.05) is 0 Å². The van der Waals surface area contributed by atoms with Crippen LogP contribution < -0.4 is 0 Å². The molecular weight excluding hydrogens is 232 g/mol. The number of fused-ring (bicyclic) bond motifs is 2. The van der Waals surface area contributed by atoms with Crippen molar-refractivity contribution in [1.29, 1.82) is 0 Å². The van der Waals surface area contributed by atoms with Crippen molar-refractivity contribution >= 4 is 16.6 Å². The van der Waals surface area contributed by atoms with Gasteiger partial charge in [-0.3, -0.25) is 4.99 Å². The van der Waals surface area contributed by atoms with Crippen molar-refractivity contribution in [3.05, 3.63) is 36.0 Å². The number of aromatic amines is 1. The summed E-state index contributed by atoms with van der Waals surface area (Å²) >= 11 is 0. The Morgan fingerprint density at radius 1 is 1.37 bits per heavy atom. The average Bonchev–Trinajstić information content (AvgIpc) is 3.03. The molecule has 2 heteroatoms. The van der Waals surface area contributed by atoms with Crippen LogP contribution in [-0.4, -0.2) is 16.2 Å². The molecule has 0 amide bonds. The molecule has 0 spiro atoms. The second-order valence-electron chi connectivity index (χ2n) is 6.42. The summed E-state index contributed by atoms with van der Waals surface area (Å²) in [6.45, 7) is 2.20. The zero-order valence-corrected chi connectivity index (χ0v) is 11.4. The van der Waals surface area contributed by atoms with Gasteiger partial charge in [0.25, 0.3) is 0 Å². The molecule has 19 heavy (non-hydrogen) atoms. The first-order valence-corrected chi connectivity index (χ1v) is 7.34. The summed E-state index contributed by atoms with van der Waals surface area (Å²) in [6.07, 6.45) is 8.54. The predicted octanol–water partition coefficient (Wildman–Crippen LogP) is 4.11. The first-order valence-electron chi connectivity index (χ1n) is 7.34. The molecular formula is C17H20N2. The third kappa shape index (κ3) is 1.81. The van der Waals surface area contributed by atoms with Crippen molar-refractivity contribution in [3.63, 3.8) is 0 Å². The van der Waals surface area contributed by atoms with Crippen LogP contribution in [0.25, 0.3) is 10.9 Å². The summed E-state index contributed by atoms with van der Waals surface area (Å²) in [5.74, 6) is 0.990. The second-order valence-corrected chi connectivity index (χ2v) is 6.42. The summed E-state index contributed by atoms with van der Waals surface area (Å²) in [4.78, 5) is 8.41. The van der Waals surface area contributed by atoms with Gasteiger partial charge in [-0.05, 0) is 50.2 Å². The Kier molecular flexibility index (Phi) is 2.35. The maximum Gasteiger partial charge on any atom is 0.0613 e. The first-order chi connectivity index (χ1) is 9.24. The minimum Gasteiger partial charge on any atom is -0.361 e. The Morgan fingerprint density at radius 2 is 2.21 bits per heavy atom. The zero-order chi connectivity index (χ0) is 12.9. The lowest BCUT2D eigenvalue weighted by Crippen LogP contribution is -2.33. The largest absolute Gasteiger partial charge is 0.361 e. The summed E-state index contributed by atoms with van der Waals surface area (Å²) in [5.41, 5.74) is 4.25. The van der Waals surface area contributed by atoms with Crippen molar-refractivity contribution in [2.24, 2.45) is 10.9 Å². The van der Waals surface area contributed by atoms with Gasteiger partial charge < -0.3 is 4.98 Å². The molecule has 2 bridgehead atoms. The molecule has 0 saturated heterocycles. The molecule has 98 valence electrons. The van der Waals surface area contributed by atoms with Crippen LogP contribution in [0.5, 0.6) is 0 Å². The van der Waals surface area contributed by atoms with E-state index in [-0.39, 0.29) is 0 Å². The number of benzene rings is 1. The molecule has 1 N–H and O–H groups in total. The standard InChI is InChI=1S/C17H20N2/c1-12(19-17-7-6-13(9-17)10-17)8-14-11-18-16-5-3-2-4-15(14)16/h2-5,11,13,18H,6-10H2,1H3. The van der Waals surface area contributed by atoms with Gasteiger partial charge in [0, 0.05) is 29.2 Å². The fourth-order valence-corrected chi connectivity index (χ4v) is 4.04. The number of para-hydroxylation sites is 1. The van der Waals surface area contributed by atoms with Gasteiger partial charge in [0.05, 0.1) is 5.54 Å². The molecule has 0 radical (unpaired) electrons. The van der Waals surface area contributed by atoms with Gasteiger partial charge in [-0.15, -0.1) is 0 Å². The SMILES string of the molecule is CC(Cc1c[nH]c2ccccc12)=NC12CCC(C1)C2. The fourth-order valence-electron chi connectivity index (χ4n) is 4.04. The van der Waals surface area contributed by atoms with Gasteiger partial charge in [0.2, 0.25) is 0 Å². The Labute approximate surface area is 113 Å². The lowest BCUT2D eigenvalue weighted by molar-refractivity contribution is 0.250. The fraction of sp³-hybridized carbons (Fsp3) is 0.471. The van der Waals surface area contributed by atoms with Gasteiger partial charge in [-0.25, -0.2) is 0 Å². The van der Waals surface area contributed by atoms with Gasteiger partial charge in [-0.2, -0.15) is 0 Å². The molecule has 5 rings (SSSR count). The first kappa shape index (κ1) is 11.3. The van der Waals surface area contributed by atoms with Crippen molar-refractivity contribution < 1.29 is 0 Å². The summed E-state index contributed by atoms with van der Waals surface area (Å²) in [7, 11) is 0. The zero-order valence-electron chi connectivity index (χ0n) is 11.4. The van der Waals surface area contributed by atoms with E-state index in [2.05, 4.69) is 42.4 Å². The Balaban J connectivity index is 1.59. The minimum atomic E-state index is 0.348. The molecule has 1 heterocycles. The molecule has 3 aliphatic carbocycles. The van der Waals surface area contributed by atoms with E-state index in [1.165, 1.54) is 47.9 Å². The summed E-state index contributed by atoms with van der Waals surface area (Å²) < 4.78 is 0. The molecule has 0 aliphatic heterocycles. The lowest BCUT2D eigenvalue weighted by Gasteiger charge is -2.35. The molecule has 1 aromatic carbocycles. The third-order valence-corrected chi connectivity index (χ3v) is 4.90. The second kappa shape index (κ2) is 3.96. The molecule has 1 aromatic heterocycles. The van der Waals surface area contributed by atoms with E-state index in [0.717, 1.165) is 12.3 Å². The van der Waals surface area contributed by atoms with Gasteiger partial charge in [-0.1, -0.05) is 18.2 Å². The number of aliphatic imine (C=N–C) groups is 1. The molecule has 0 atom stereocenters. The average molecular weight is 252 g/mol. The molecule has 3 fully saturated rings. The number of nitrogens with zero attached hydrogens (tertiary/aromatic N) is 1. The van der Waals surface area contributed by atoms with E-state index in [4.69, 9.17) is 4.99 Å².